The number of amides is 1. The molecule has 9 nitrogen and oxygen atoms in total. The largest absolute Gasteiger partial charge is 0.495 e. The normalized spacial score (nSPS) is 21.5. The molecule has 10 heteroatoms. The Kier molecular flexibility index (Phi) is 6.89. The topological polar surface area (TPSA) is 94.2 Å². The van der Waals surface area contributed by atoms with Gasteiger partial charge >= 0.3 is 0 Å². The van der Waals surface area contributed by atoms with Crippen LogP contribution in [0.2, 0.25) is 0 Å². The molecule has 2 aromatic rings. The van der Waals surface area contributed by atoms with Crippen LogP contribution in [0.4, 0.5) is 5.69 Å². The van der Waals surface area contributed by atoms with Crippen molar-refractivity contribution in [3.05, 3.63) is 54.1 Å². The van der Waals surface area contributed by atoms with E-state index in [1.165, 1.54) is 26.9 Å². The van der Waals surface area contributed by atoms with Crippen LogP contribution < -0.4 is 20.5 Å². The number of hydrogen-bond acceptors (Lipinski definition) is 7. The van der Waals surface area contributed by atoms with Crippen LogP contribution in [0, 0.1) is 0 Å². The van der Waals surface area contributed by atoms with E-state index < -0.39 is 10.0 Å². The minimum absolute atomic E-state index is 0.0624. The molecule has 2 heterocycles. The number of piperazine rings is 1. The average Bonchev–Trinajstić information content (AvgIpc) is 3.34. The van der Waals surface area contributed by atoms with Gasteiger partial charge in [-0.3, -0.25) is 4.79 Å². The Morgan fingerprint density at radius 1 is 1.03 bits per heavy atom. The quantitative estimate of drug-likeness (QED) is 0.651. The summed E-state index contributed by atoms with van der Waals surface area (Å²) in [4.78, 5) is 17.4. The summed E-state index contributed by atoms with van der Waals surface area (Å²) < 4.78 is 31.9. The van der Waals surface area contributed by atoms with E-state index in [1.54, 1.807) is 12.1 Å². The fourth-order valence-corrected chi connectivity index (χ4v) is 5.37. The highest BCUT2D eigenvalue weighted by atomic mass is 32.2. The van der Waals surface area contributed by atoms with E-state index in [1.807, 2.05) is 29.2 Å². The van der Waals surface area contributed by atoms with E-state index in [0.29, 0.717) is 25.3 Å². The molecule has 0 radical (unpaired) electrons. The molecule has 2 saturated heterocycles. The third kappa shape index (κ3) is 4.84. The maximum Gasteiger partial charge on any atom is 0.246 e. The molecule has 0 saturated carbocycles. The molecule has 0 aliphatic carbocycles. The molecule has 33 heavy (non-hydrogen) atoms. The highest BCUT2D eigenvalue weighted by Crippen LogP contribution is 2.32. The predicted molar refractivity (Wildman–Crippen MR) is 127 cm³/mol. The maximum atomic E-state index is 13.1. The molecule has 2 aliphatic rings. The van der Waals surface area contributed by atoms with E-state index >= 15 is 0 Å². The number of hydrogen-bond donors (Lipinski definition) is 2. The van der Waals surface area contributed by atoms with Crippen LogP contribution in [-0.2, 0) is 14.8 Å². The van der Waals surface area contributed by atoms with Crippen LogP contribution >= 0.6 is 0 Å². The molecule has 0 aromatic heterocycles. The number of rotatable bonds is 6. The van der Waals surface area contributed by atoms with E-state index in [-0.39, 0.29) is 22.9 Å². The van der Waals surface area contributed by atoms with Gasteiger partial charge in [0.2, 0.25) is 15.9 Å². The highest BCUT2D eigenvalue weighted by Gasteiger charge is 2.35. The van der Waals surface area contributed by atoms with Crippen molar-refractivity contribution < 1.29 is 17.9 Å². The Balaban J connectivity index is 1.41. The predicted octanol–water partition coefficient (Wildman–Crippen LogP) is 1.20. The zero-order valence-electron chi connectivity index (χ0n) is 19.2. The van der Waals surface area contributed by atoms with Gasteiger partial charge in [-0.05, 0) is 36.2 Å². The van der Waals surface area contributed by atoms with E-state index in [0.717, 1.165) is 23.0 Å². The number of nitrogens with zero attached hydrogens (tertiary/aromatic N) is 3. The molecular formula is C23H31N5O4S. The minimum atomic E-state index is -3.67. The summed E-state index contributed by atoms with van der Waals surface area (Å²) in [5.74, 6) is 0.356. The highest BCUT2D eigenvalue weighted by molar-refractivity contribution is 7.89. The standard InChI is InChI=1S/C23H31N5O4S/c1-26(2)33(30,31)22-15-17(9-10-21(22)32-3)19-16-20(25-24-19)23(29)28-13-11-27(12-14-28)18-7-5-4-6-8-18/h4-10,15,19-20,24-25H,11-14,16H2,1-3H3. The number of methoxy groups -OCH3 is 1. The number of anilines is 1. The van der Waals surface area contributed by atoms with Crippen molar-refractivity contribution in [1.82, 2.24) is 20.1 Å². The van der Waals surface area contributed by atoms with Crippen molar-refractivity contribution in [3.63, 3.8) is 0 Å². The Hall–Kier alpha value is -2.66. The van der Waals surface area contributed by atoms with Gasteiger partial charge in [-0.25, -0.2) is 23.6 Å². The monoisotopic (exact) mass is 473 g/mol. The SMILES string of the molecule is COc1ccc(C2CC(C(=O)N3CCN(c4ccccc4)CC3)NN2)cc1S(=O)(=O)N(C)C. The second-order valence-corrected chi connectivity index (χ2v) is 10.6. The second-order valence-electron chi connectivity index (χ2n) is 8.48. The molecule has 4 rings (SSSR count). The number of carbonyl (C=O) groups excluding carboxylic acids is 1. The average molecular weight is 474 g/mol. The summed E-state index contributed by atoms with van der Waals surface area (Å²) in [6, 6.07) is 14.8. The fraction of sp³-hybridized carbons (Fsp3) is 0.435. The molecule has 0 bridgehead atoms. The van der Waals surface area contributed by atoms with Gasteiger partial charge in [-0.1, -0.05) is 24.3 Å². The van der Waals surface area contributed by atoms with Crippen LogP contribution in [0.15, 0.2) is 53.4 Å². The molecule has 2 unspecified atom stereocenters. The minimum Gasteiger partial charge on any atom is -0.495 e. The molecule has 2 N–H and O–H groups in total. The first-order chi connectivity index (χ1) is 15.8. The smallest absolute Gasteiger partial charge is 0.246 e. The van der Waals surface area contributed by atoms with Crippen LogP contribution in [0.3, 0.4) is 0 Å². The van der Waals surface area contributed by atoms with Gasteiger partial charge in [0, 0.05) is 52.0 Å². The van der Waals surface area contributed by atoms with Crippen molar-refractivity contribution in [3.8, 4) is 5.75 Å². The first-order valence-electron chi connectivity index (χ1n) is 11.0. The Labute approximate surface area is 195 Å². The van der Waals surface area contributed by atoms with Gasteiger partial charge in [0.05, 0.1) is 7.11 Å². The molecule has 2 atom stereocenters. The van der Waals surface area contributed by atoms with Gasteiger partial charge in [0.15, 0.2) is 0 Å². The van der Waals surface area contributed by atoms with Crippen LogP contribution in [0.25, 0.3) is 0 Å². The molecule has 2 aliphatic heterocycles. The molecule has 1 amide bonds. The first kappa shape index (κ1) is 23.5. The van der Waals surface area contributed by atoms with Gasteiger partial charge in [-0.2, -0.15) is 0 Å². The van der Waals surface area contributed by atoms with Gasteiger partial charge < -0.3 is 14.5 Å². The summed E-state index contributed by atoms with van der Waals surface area (Å²) in [5.41, 5.74) is 8.23. The zero-order valence-corrected chi connectivity index (χ0v) is 20.0. The van der Waals surface area contributed by atoms with Crippen molar-refractivity contribution in [2.75, 3.05) is 52.3 Å². The molecule has 2 aromatic carbocycles. The summed E-state index contributed by atoms with van der Waals surface area (Å²) in [5, 5.41) is 0. The Bertz CT molecular complexity index is 1090. The lowest BCUT2D eigenvalue weighted by Crippen LogP contribution is -2.53. The number of nitrogens with one attached hydrogen (secondary N) is 2. The number of carbonyl (C=O) groups is 1. The summed E-state index contributed by atoms with van der Waals surface area (Å²) in [6.45, 7) is 2.93. The molecule has 178 valence electrons. The lowest BCUT2D eigenvalue weighted by Gasteiger charge is -2.37. The van der Waals surface area contributed by atoms with Gasteiger partial charge in [-0.15, -0.1) is 0 Å². The fourth-order valence-electron chi connectivity index (χ4n) is 4.29. The third-order valence-corrected chi connectivity index (χ3v) is 8.10. The van der Waals surface area contributed by atoms with Crippen molar-refractivity contribution >= 4 is 21.6 Å². The Morgan fingerprint density at radius 3 is 2.36 bits per heavy atom. The second kappa shape index (κ2) is 9.68. The number of para-hydroxylation sites is 1. The molecular weight excluding hydrogens is 442 g/mol. The number of ether oxygens (including phenoxy) is 1. The molecule has 0 spiro atoms. The van der Waals surface area contributed by atoms with Crippen molar-refractivity contribution in [2.45, 2.75) is 23.4 Å². The van der Waals surface area contributed by atoms with Crippen LogP contribution in [0.5, 0.6) is 5.75 Å². The molecule has 2 fully saturated rings. The van der Waals surface area contributed by atoms with Crippen molar-refractivity contribution in [2.24, 2.45) is 0 Å². The zero-order chi connectivity index (χ0) is 23.6. The summed E-state index contributed by atoms with van der Waals surface area (Å²) in [7, 11) is 0.761. The van der Waals surface area contributed by atoms with E-state index in [2.05, 4.69) is 27.9 Å². The van der Waals surface area contributed by atoms with Crippen LogP contribution in [-0.4, -0.2) is 77.0 Å². The van der Waals surface area contributed by atoms with E-state index in [9.17, 15) is 13.2 Å². The van der Waals surface area contributed by atoms with Gasteiger partial charge in [0.25, 0.3) is 0 Å². The van der Waals surface area contributed by atoms with Crippen LogP contribution in [0.1, 0.15) is 18.0 Å². The van der Waals surface area contributed by atoms with E-state index in [4.69, 9.17) is 4.74 Å². The maximum absolute atomic E-state index is 13.1. The lowest BCUT2D eigenvalue weighted by molar-refractivity contribution is -0.133. The summed E-state index contributed by atoms with van der Waals surface area (Å²) in [6.07, 6.45) is 0.533. The Morgan fingerprint density at radius 2 is 1.73 bits per heavy atom. The lowest BCUT2D eigenvalue weighted by atomic mass is 10.0. The first-order valence-corrected chi connectivity index (χ1v) is 12.5. The number of benzene rings is 2. The third-order valence-electron chi connectivity index (χ3n) is 6.26. The van der Waals surface area contributed by atoms with Crippen molar-refractivity contribution in [1.29, 1.82) is 0 Å². The number of sulfonamides is 1. The summed E-state index contributed by atoms with van der Waals surface area (Å²) >= 11 is 0. The number of hydrazine groups is 1. The van der Waals surface area contributed by atoms with Gasteiger partial charge in [0.1, 0.15) is 16.7 Å².